The maximum absolute atomic E-state index is 12.7. The molecule has 2 aromatic rings. The molecule has 16 heavy (non-hydrogen) atoms. The van der Waals surface area contributed by atoms with Gasteiger partial charge in [0.25, 0.3) is 0 Å². The molecule has 2 rings (SSSR count). The van der Waals surface area contributed by atoms with Crippen LogP contribution in [0.25, 0.3) is 0 Å². The molecule has 0 saturated carbocycles. The number of hydrogen-bond acceptors (Lipinski definition) is 2. The third-order valence-corrected chi connectivity index (χ3v) is 3.51. The van der Waals surface area contributed by atoms with Crippen molar-refractivity contribution in [3.05, 3.63) is 53.3 Å². The van der Waals surface area contributed by atoms with E-state index in [-0.39, 0.29) is 5.82 Å². The Morgan fingerprint density at radius 2 is 1.75 bits per heavy atom. The third-order valence-electron chi connectivity index (χ3n) is 2.00. The zero-order valence-electron chi connectivity index (χ0n) is 8.28. The normalized spacial score (nSPS) is 10.4. The summed E-state index contributed by atoms with van der Waals surface area (Å²) >= 11 is 7.51. The topological polar surface area (TPSA) is 26.0 Å². The van der Waals surface area contributed by atoms with E-state index in [2.05, 4.69) is 0 Å². The zero-order valence-corrected chi connectivity index (χ0v) is 9.86. The second-order valence-corrected chi connectivity index (χ2v) is 4.77. The maximum atomic E-state index is 12.7. The summed E-state index contributed by atoms with van der Waals surface area (Å²) in [5, 5.41) is 0.606. The van der Waals surface area contributed by atoms with E-state index in [1.54, 1.807) is 24.3 Å². The average molecular weight is 254 g/mol. The maximum Gasteiger partial charge on any atom is 0.123 e. The highest BCUT2D eigenvalue weighted by Crippen LogP contribution is 2.34. The van der Waals surface area contributed by atoms with E-state index in [0.29, 0.717) is 10.7 Å². The van der Waals surface area contributed by atoms with E-state index < -0.39 is 0 Å². The van der Waals surface area contributed by atoms with Crippen LogP contribution in [0.1, 0.15) is 0 Å². The van der Waals surface area contributed by atoms with Gasteiger partial charge in [0.15, 0.2) is 0 Å². The van der Waals surface area contributed by atoms with Gasteiger partial charge in [-0.25, -0.2) is 4.39 Å². The molecule has 2 N–H and O–H groups in total. The summed E-state index contributed by atoms with van der Waals surface area (Å²) in [5.41, 5.74) is 6.23. The lowest BCUT2D eigenvalue weighted by molar-refractivity contribution is 0.626. The lowest BCUT2D eigenvalue weighted by Crippen LogP contribution is -1.84. The van der Waals surface area contributed by atoms with Crippen LogP contribution < -0.4 is 5.73 Å². The van der Waals surface area contributed by atoms with E-state index >= 15 is 0 Å². The van der Waals surface area contributed by atoms with Crippen LogP contribution in [0.15, 0.2) is 52.3 Å². The second-order valence-electron chi connectivity index (χ2n) is 3.25. The van der Waals surface area contributed by atoms with Crippen molar-refractivity contribution in [1.29, 1.82) is 0 Å². The molecule has 0 spiro atoms. The SMILES string of the molecule is Nc1ccc(Sc2ccc(F)cc2)c(Cl)c1. The summed E-state index contributed by atoms with van der Waals surface area (Å²) < 4.78 is 12.7. The van der Waals surface area contributed by atoms with E-state index in [0.717, 1.165) is 9.79 Å². The van der Waals surface area contributed by atoms with Gasteiger partial charge in [0.1, 0.15) is 5.82 Å². The van der Waals surface area contributed by atoms with Crippen molar-refractivity contribution in [1.82, 2.24) is 0 Å². The molecule has 0 amide bonds. The quantitative estimate of drug-likeness (QED) is 0.812. The largest absolute Gasteiger partial charge is 0.399 e. The summed E-state index contributed by atoms with van der Waals surface area (Å²) in [4.78, 5) is 1.84. The summed E-state index contributed by atoms with van der Waals surface area (Å²) in [6, 6.07) is 11.6. The van der Waals surface area contributed by atoms with Crippen LogP contribution in [0.3, 0.4) is 0 Å². The van der Waals surface area contributed by atoms with Crippen molar-refractivity contribution in [2.24, 2.45) is 0 Å². The fourth-order valence-corrected chi connectivity index (χ4v) is 2.35. The van der Waals surface area contributed by atoms with Crippen LogP contribution in [-0.4, -0.2) is 0 Å². The minimum Gasteiger partial charge on any atom is -0.399 e. The molecular weight excluding hydrogens is 245 g/mol. The van der Waals surface area contributed by atoms with Crippen LogP contribution in [0.4, 0.5) is 10.1 Å². The molecule has 0 saturated heterocycles. The number of anilines is 1. The first-order chi connectivity index (χ1) is 7.65. The van der Waals surface area contributed by atoms with E-state index in [9.17, 15) is 4.39 Å². The average Bonchev–Trinajstić information content (AvgIpc) is 2.25. The molecule has 0 aromatic heterocycles. The Bertz CT molecular complexity index is 499. The van der Waals surface area contributed by atoms with Crippen LogP contribution in [0.5, 0.6) is 0 Å². The standard InChI is InChI=1S/C12H9ClFNS/c13-11-7-9(15)3-6-12(11)16-10-4-1-8(14)2-5-10/h1-7H,15H2. The summed E-state index contributed by atoms with van der Waals surface area (Å²) in [6.07, 6.45) is 0. The molecule has 1 nitrogen and oxygen atoms in total. The van der Waals surface area contributed by atoms with Crippen LogP contribution >= 0.6 is 23.4 Å². The molecule has 82 valence electrons. The zero-order chi connectivity index (χ0) is 11.5. The highest BCUT2D eigenvalue weighted by molar-refractivity contribution is 7.99. The third kappa shape index (κ3) is 2.68. The molecule has 0 aliphatic heterocycles. The highest BCUT2D eigenvalue weighted by Gasteiger charge is 2.03. The van der Waals surface area contributed by atoms with Gasteiger partial charge in [-0.2, -0.15) is 0 Å². The minimum atomic E-state index is -0.243. The molecule has 0 aliphatic rings. The number of nitrogen functional groups attached to an aromatic ring is 1. The number of benzene rings is 2. The van der Waals surface area contributed by atoms with Gasteiger partial charge in [-0.1, -0.05) is 23.4 Å². The molecule has 0 aliphatic carbocycles. The van der Waals surface area contributed by atoms with Gasteiger partial charge in [0.05, 0.1) is 5.02 Å². The fraction of sp³-hybridized carbons (Fsp3) is 0. The van der Waals surface area contributed by atoms with Crippen molar-refractivity contribution < 1.29 is 4.39 Å². The summed E-state index contributed by atoms with van der Waals surface area (Å²) in [7, 11) is 0. The van der Waals surface area contributed by atoms with Crippen molar-refractivity contribution in [2.75, 3.05) is 5.73 Å². The molecule has 0 fully saturated rings. The monoisotopic (exact) mass is 253 g/mol. The van der Waals surface area contributed by atoms with E-state index in [4.69, 9.17) is 17.3 Å². The number of rotatable bonds is 2. The van der Waals surface area contributed by atoms with Crippen molar-refractivity contribution in [2.45, 2.75) is 9.79 Å². The minimum absolute atomic E-state index is 0.243. The Morgan fingerprint density at radius 3 is 2.38 bits per heavy atom. The molecule has 4 heteroatoms. The van der Waals surface area contributed by atoms with Gasteiger partial charge in [-0.3, -0.25) is 0 Å². The smallest absolute Gasteiger partial charge is 0.123 e. The Labute approximate surface area is 102 Å². The molecule has 0 atom stereocenters. The Kier molecular flexibility index (Phi) is 3.36. The predicted molar refractivity (Wildman–Crippen MR) is 66.4 cm³/mol. The summed E-state index contributed by atoms with van der Waals surface area (Å²) in [5.74, 6) is -0.243. The Hall–Kier alpha value is -1.19. The van der Waals surface area contributed by atoms with Crippen LogP contribution in [0.2, 0.25) is 5.02 Å². The number of hydrogen-bond donors (Lipinski definition) is 1. The summed E-state index contributed by atoms with van der Waals surface area (Å²) in [6.45, 7) is 0. The Morgan fingerprint density at radius 1 is 1.06 bits per heavy atom. The Balaban J connectivity index is 2.23. The lowest BCUT2D eigenvalue weighted by Gasteiger charge is -2.04. The molecule has 0 bridgehead atoms. The van der Waals surface area contributed by atoms with Crippen LogP contribution in [-0.2, 0) is 0 Å². The lowest BCUT2D eigenvalue weighted by atomic mass is 10.3. The number of nitrogens with two attached hydrogens (primary N) is 1. The van der Waals surface area contributed by atoms with Gasteiger partial charge >= 0.3 is 0 Å². The van der Waals surface area contributed by atoms with E-state index in [1.807, 2.05) is 6.07 Å². The first-order valence-electron chi connectivity index (χ1n) is 4.63. The van der Waals surface area contributed by atoms with Crippen LogP contribution in [0, 0.1) is 5.82 Å². The highest BCUT2D eigenvalue weighted by atomic mass is 35.5. The molecule has 0 unspecified atom stereocenters. The molecule has 0 radical (unpaired) electrons. The predicted octanol–water partition coefficient (Wildman–Crippen LogP) is 4.21. The molecular formula is C12H9ClFNS. The van der Waals surface area contributed by atoms with Crippen molar-refractivity contribution in [3.8, 4) is 0 Å². The van der Waals surface area contributed by atoms with Gasteiger partial charge in [0, 0.05) is 15.5 Å². The van der Waals surface area contributed by atoms with Crippen molar-refractivity contribution >= 4 is 29.1 Å². The van der Waals surface area contributed by atoms with Gasteiger partial charge in [-0.05, 0) is 42.5 Å². The fourth-order valence-electron chi connectivity index (χ4n) is 1.23. The van der Waals surface area contributed by atoms with Crippen molar-refractivity contribution in [3.63, 3.8) is 0 Å². The molecule has 0 heterocycles. The first-order valence-corrected chi connectivity index (χ1v) is 5.83. The number of halogens is 2. The first kappa shape index (κ1) is 11.3. The van der Waals surface area contributed by atoms with Gasteiger partial charge < -0.3 is 5.73 Å². The van der Waals surface area contributed by atoms with Gasteiger partial charge in [0.2, 0.25) is 0 Å². The van der Waals surface area contributed by atoms with Gasteiger partial charge in [-0.15, -0.1) is 0 Å². The van der Waals surface area contributed by atoms with E-state index in [1.165, 1.54) is 23.9 Å². The second kappa shape index (κ2) is 4.76. The molecule has 2 aromatic carbocycles.